The highest BCUT2D eigenvalue weighted by atomic mass is 32.2. The molecule has 258 valence electrons. The Balaban J connectivity index is 1.30. The van der Waals surface area contributed by atoms with E-state index in [0.717, 1.165) is 16.7 Å². The van der Waals surface area contributed by atoms with E-state index in [2.05, 4.69) is 5.32 Å². The van der Waals surface area contributed by atoms with E-state index in [1.165, 1.54) is 28.8 Å². The predicted molar refractivity (Wildman–Crippen MR) is 185 cm³/mol. The van der Waals surface area contributed by atoms with E-state index in [1.807, 2.05) is 60.7 Å². The fourth-order valence-electron chi connectivity index (χ4n) is 6.03. The van der Waals surface area contributed by atoms with Crippen molar-refractivity contribution in [3.8, 4) is 0 Å². The number of thioether (sulfide) groups is 1. The number of nitro groups is 1. The predicted octanol–water partition coefficient (Wildman–Crippen LogP) is 5.65. The van der Waals surface area contributed by atoms with Crippen LogP contribution in [0.25, 0.3) is 0 Å². The average molecular weight is 697 g/mol. The van der Waals surface area contributed by atoms with E-state index in [9.17, 15) is 29.3 Å². The molecule has 6 rings (SSSR count). The number of likely N-dealkylation sites (tertiary alicyclic amines) is 1. The van der Waals surface area contributed by atoms with Gasteiger partial charge in [0.2, 0.25) is 5.91 Å². The molecule has 2 fully saturated rings. The maximum Gasteiger partial charge on any atom is 0.408 e. The summed E-state index contributed by atoms with van der Waals surface area (Å²) in [5.74, 6) is -1.20. The summed E-state index contributed by atoms with van der Waals surface area (Å²) in [6.45, 7) is 5.85. The van der Waals surface area contributed by atoms with Crippen molar-refractivity contribution < 1.29 is 33.6 Å². The summed E-state index contributed by atoms with van der Waals surface area (Å²) < 4.78 is 11.6. The lowest BCUT2D eigenvalue weighted by Gasteiger charge is -2.49. The van der Waals surface area contributed by atoms with Gasteiger partial charge >= 0.3 is 12.1 Å². The number of carbonyl (C=O) groups excluding carboxylic acids is 4. The first-order chi connectivity index (χ1) is 23.9. The van der Waals surface area contributed by atoms with E-state index < -0.39 is 46.0 Å². The second-order valence-corrected chi connectivity index (χ2v) is 14.2. The number of alkyl carbamates (subject to hydrolysis) is 1. The van der Waals surface area contributed by atoms with Crippen molar-refractivity contribution in [1.29, 1.82) is 0 Å². The number of carbonyl (C=O) groups is 4. The first kappa shape index (κ1) is 34.4. The van der Waals surface area contributed by atoms with Crippen LogP contribution in [0.4, 0.5) is 10.5 Å². The third kappa shape index (κ3) is 7.42. The van der Waals surface area contributed by atoms with Crippen molar-refractivity contribution >= 4 is 41.3 Å². The number of amides is 3. The number of fused-ring (bicyclic) bond motifs is 1. The molecule has 3 aromatic carbocycles. The van der Waals surface area contributed by atoms with Gasteiger partial charge in [0.05, 0.1) is 4.92 Å². The molecule has 2 atom stereocenters. The molecule has 0 spiro atoms. The molecular formula is C37H36N4O8S. The number of β-lactam (4-membered cyclic amide) rings is 1. The Morgan fingerprint density at radius 1 is 1.00 bits per heavy atom. The molecule has 12 nitrogen and oxygen atoms in total. The van der Waals surface area contributed by atoms with Gasteiger partial charge in [-0.1, -0.05) is 72.8 Å². The molecule has 3 aromatic rings. The van der Waals surface area contributed by atoms with Crippen LogP contribution in [-0.4, -0.2) is 67.9 Å². The molecule has 3 amide bonds. The topological polar surface area (TPSA) is 148 Å². The summed E-state index contributed by atoms with van der Waals surface area (Å²) >= 11 is 1.36. The Bertz CT molecular complexity index is 1830. The minimum atomic E-state index is -0.920. The Morgan fingerprint density at radius 3 is 2.20 bits per heavy atom. The zero-order chi connectivity index (χ0) is 35.6. The lowest BCUT2D eigenvalue weighted by atomic mass is 10.00. The van der Waals surface area contributed by atoms with E-state index >= 15 is 0 Å². The maximum atomic E-state index is 14.3. The molecule has 0 bridgehead atoms. The molecule has 3 heterocycles. The molecule has 3 aliphatic rings. The summed E-state index contributed by atoms with van der Waals surface area (Å²) in [7, 11) is 0. The summed E-state index contributed by atoms with van der Waals surface area (Å²) in [5.41, 5.74) is 2.36. The number of benzene rings is 3. The lowest BCUT2D eigenvalue weighted by molar-refractivity contribution is -0.384. The number of esters is 1. The van der Waals surface area contributed by atoms with Gasteiger partial charge in [-0.25, -0.2) is 9.59 Å². The van der Waals surface area contributed by atoms with Gasteiger partial charge in [0.25, 0.3) is 11.6 Å². The van der Waals surface area contributed by atoms with Crippen LogP contribution in [0.3, 0.4) is 0 Å². The second-order valence-electron chi connectivity index (χ2n) is 13.1. The average Bonchev–Trinajstić information content (AvgIpc) is 3.43. The number of ether oxygens (including phenoxy) is 2. The monoisotopic (exact) mass is 696 g/mol. The highest BCUT2D eigenvalue weighted by Gasteiger charge is 2.55. The Hall–Kier alpha value is -5.43. The molecule has 0 saturated carbocycles. The van der Waals surface area contributed by atoms with Crippen LogP contribution in [0.15, 0.2) is 108 Å². The van der Waals surface area contributed by atoms with Crippen LogP contribution in [0, 0.1) is 10.1 Å². The van der Waals surface area contributed by atoms with Gasteiger partial charge < -0.3 is 19.7 Å². The van der Waals surface area contributed by atoms with Gasteiger partial charge in [0, 0.05) is 36.5 Å². The fourth-order valence-corrected chi connectivity index (χ4v) is 7.34. The van der Waals surface area contributed by atoms with Crippen LogP contribution in [-0.2, 0) is 30.4 Å². The third-order valence-electron chi connectivity index (χ3n) is 8.37. The van der Waals surface area contributed by atoms with Crippen molar-refractivity contribution in [2.45, 2.75) is 56.9 Å². The summed E-state index contributed by atoms with van der Waals surface area (Å²) in [5, 5.41) is 13.1. The zero-order valence-corrected chi connectivity index (χ0v) is 28.6. The molecule has 2 saturated heterocycles. The van der Waals surface area contributed by atoms with Crippen LogP contribution in [0.1, 0.15) is 50.0 Å². The van der Waals surface area contributed by atoms with Crippen LogP contribution in [0.2, 0.25) is 0 Å². The number of nitrogens with one attached hydrogen (secondary N) is 1. The number of rotatable bonds is 9. The van der Waals surface area contributed by atoms with Gasteiger partial charge in [0.15, 0.2) is 6.10 Å². The maximum absolute atomic E-state index is 14.3. The first-order valence-corrected chi connectivity index (χ1v) is 17.2. The van der Waals surface area contributed by atoms with Gasteiger partial charge in [-0.2, -0.15) is 0 Å². The molecule has 0 aromatic heterocycles. The second kappa shape index (κ2) is 14.2. The number of allylic oxidation sites excluding steroid dienone is 1. The van der Waals surface area contributed by atoms with E-state index in [-0.39, 0.29) is 29.6 Å². The molecule has 0 radical (unpaired) electrons. The smallest absolute Gasteiger partial charge is 0.408 e. The van der Waals surface area contributed by atoms with Crippen molar-refractivity contribution in [2.75, 3.05) is 12.3 Å². The molecule has 13 heteroatoms. The number of nitro benzene ring substituents is 1. The summed E-state index contributed by atoms with van der Waals surface area (Å²) in [6, 6.07) is 23.7. The number of hydrogen-bond acceptors (Lipinski definition) is 9. The van der Waals surface area contributed by atoms with Crippen molar-refractivity contribution in [3.05, 3.63) is 135 Å². The molecule has 0 unspecified atom stereocenters. The van der Waals surface area contributed by atoms with E-state index in [1.54, 1.807) is 43.9 Å². The third-order valence-corrected chi connectivity index (χ3v) is 9.68. The van der Waals surface area contributed by atoms with Gasteiger partial charge in [-0.15, -0.1) is 11.8 Å². The fraction of sp³-hybridized carbons (Fsp3) is 0.297. The molecule has 3 aliphatic heterocycles. The molecule has 50 heavy (non-hydrogen) atoms. The highest BCUT2D eigenvalue weighted by molar-refractivity contribution is 8.00. The number of non-ortho nitro benzene ring substituents is 1. The van der Waals surface area contributed by atoms with Crippen molar-refractivity contribution in [2.24, 2.45) is 0 Å². The Labute approximate surface area is 293 Å². The highest BCUT2D eigenvalue weighted by Crippen LogP contribution is 2.42. The summed E-state index contributed by atoms with van der Waals surface area (Å²) in [4.78, 5) is 67.7. The summed E-state index contributed by atoms with van der Waals surface area (Å²) in [6.07, 6.45) is 0.547. The van der Waals surface area contributed by atoms with Gasteiger partial charge in [-0.3, -0.25) is 24.6 Å². The normalized spacial score (nSPS) is 19.7. The van der Waals surface area contributed by atoms with Crippen LogP contribution >= 0.6 is 11.8 Å². The van der Waals surface area contributed by atoms with Crippen molar-refractivity contribution in [1.82, 2.24) is 15.1 Å². The number of hydrogen-bond donors (Lipinski definition) is 1. The molecule has 1 N–H and O–H groups in total. The largest absolute Gasteiger partial charge is 0.448 e. The SMILES string of the molecule is CC(C)(C)OC(=O)N[C@@H]1C(=O)N2C(C(=O)OC(c3ccccc3)c3ccccc3)=C(C=C3CCN(Cc4ccc([N+](=O)[O-])cc4)C3=O)CS[C@H]12. The standard InChI is InChI=1S/C37H36N4O8S/c1-37(2,3)49-36(45)38-29-33(43)40-30(35(44)48-31(24-10-6-4-7-11-24)25-12-8-5-9-13-25)27(22-50-34(29)40)20-26-18-19-39(32(26)42)21-23-14-16-28(17-15-23)41(46)47/h4-17,20,29,31,34H,18-19,21-22H2,1-3H3,(H,38,45)/t29-,34-/m1/s1. The van der Waals surface area contributed by atoms with E-state index in [4.69, 9.17) is 9.47 Å². The Kier molecular flexibility index (Phi) is 9.78. The lowest BCUT2D eigenvalue weighted by Crippen LogP contribution is -2.70. The van der Waals surface area contributed by atoms with Gasteiger partial charge in [0.1, 0.15) is 22.7 Å². The molecule has 0 aliphatic carbocycles. The quantitative estimate of drug-likeness (QED) is 0.0986. The van der Waals surface area contributed by atoms with Gasteiger partial charge in [-0.05, 0) is 55.5 Å². The minimum absolute atomic E-state index is 0.0203. The first-order valence-electron chi connectivity index (χ1n) is 16.1. The minimum Gasteiger partial charge on any atom is -0.448 e. The van der Waals surface area contributed by atoms with Crippen molar-refractivity contribution in [3.63, 3.8) is 0 Å². The van der Waals surface area contributed by atoms with Crippen LogP contribution < -0.4 is 5.32 Å². The molecular weight excluding hydrogens is 660 g/mol. The zero-order valence-electron chi connectivity index (χ0n) is 27.7. The number of nitrogens with zero attached hydrogens (tertiary/aromatic N) is 3. The van der Waals surface area contributed by atoms with E-state index in [0.29, 0.717) is 24.1 Å². The van der Waals surface area contributed by atoms with Crippen LogP contribution in [0.5, 0.6) is 0 Å². The Morgan fingerprint density at radius 2 is 1.62 bits per heavy atom.